The van der Waals surface area contributed by atoms with Crippen molar-refractivity contribution in [3.05, 3.63) is 29.6 Å². The van der Waals surface area contributed by atoms with Gasteiger partial charge in [-0.2, -0.15) is 10.1 Å². The molecule has 0 fully saturated rings. The maximum Gasteiger partial charge on any atom is 0.227 e. The first-order chi connectivity index (χ1) is 14.8. The summed E-state index contributed by atoms with van der Waals surface area (Å²) in [5.74, 6) is 2.01. The van der Waals surface area contributed by atoms with E-state index < -0.39 is 6.10 Å². The molecular weight excluding hydrogens is 394 g/mol. The van der Waals surface area contributed by atoms with Gasteiger partial charge in [0.1, 0.15) is 16.9 Å². The van der Waals surface area contributed by atoms with E-state index in [1.165, 1.54) is 0 Å². The predicted octanol–water partition coefficient (Wildman–Crippen LogP) is 2.94. The Hall–Kier alpha value is -2.78. The van der Waals surface area contributed by atoms with Crippen LogP contribution in [0.15, 0.2) is 18.3 Å². The second kappa shape index (κ2) is 10.0. The van der Waals surface area contributed by atoms with Gasteiger partial charge in [-0.3, -0.25) is 4.68 Å². The molecule has 2 N–H and O–H groups in total. The average molecular weight is 428 g/mol. The quantitative estimate of drug-likeness (QED) is 0.476. The molecule has 168 valence electrons. The Labute approximate surface area is 183 Å². The number of hydrogen-bond acceptors (Lipinski definition) is 8. The van der Waals surface area contributed by atoms with Crippen LogP contribution in [0.2, 0.25) is 0 Å². The summed E-state index contributed by atoms with van der Waals surface area (Å²) >= 11 is 0. The van der Waals surface area contributed by atoms with Gasteiger partial charge in [0.15, 0.2) is 5.82 Å². The molecule has 3 aromatic heterocycles. The number of nitrogens with one attached hydrogen (secondary N) is 1. The highest BCUT2D eigenvalue weighted by atomic mass is 16.5. The molecule has 3 rings (SSSR count). The standard InChI is InChI=1S/C22H33N7O2/c1-7-31-11-10-29-20-19(16(27-29)13-17(30)14(2)3)25-22(28(5)6)26-21(20)24-18-12-15(4)8-9-23-18/h8-9,12,14,17,30H,7,10-11,13H2,1-6H3,(H,23,24,25,26). The van der Waals surface area contributed by atoms with Crippen LogP contribution < -0.4 is 10.2 Å². The first-order valence-electron chi connectivity index (χ1n) is 10.7. The van der Waals surface area contributed by atoms with E-state index >= 15 is 0 Å². The fourth-order valence-electron chi connectivity index (χ4n) is 3.17. The number of nitrogens with zero attached hydrogens (tertiary/aromatic N) is 6. The molecule has 0 saturated carbocycles. The number of fused-ring (bicyclic) bond motifs is 1. The molecule has 0 aliphatic rings. The Kier molecular flexibility index (Phi) is 7.40. The van der Waals surface area contributed by atoms with Crippen LogP contribution in [-0.2, 0) is 17.7 Å². The number of rotatable bonds is 10. The molecule has 1 unspecified atom stereocenters. The lowest BCUT2D eigenvalue weighted by atomic mass is 10.0. The summed E-state index contributed by atoms with van der Waals surface area (Å²) in [6, 6.07) is 3.91. The van der Waals surface area contributed by atoms with E-state index in [1.807, 2.05) is 63.5 Å². The van der Waals surface area contributed by atoms with Crippen molar-refractivity contribution in [3.8, 4) is 0 Å². The summed E-state index contributed by atoms with van der Waals surface area (Å²) in [6.07, 6.45) is 1.67. The highest BCUT2D eigenvalue weighted by Crippen LogP contribution is 2.29. The minimum atomic E-state index is -0.508. The zero-order valence-electron chi connectivity index (χ0n) is 19.3. The molecule has 0 saturated heterocycles. The van der Waals surface area contributed by atoms with Gasteiger partial charge in [0.2, 0.25) is 5.95 Å². The number of ether oxygens (including phenoxy) is 1. The highest BCUT2D eigenvalue weighted by molar-refractivity contribution is 5.90. The lowest BCUT2D eigenvalue weighted by Gasteiger charge is -2.15. The molecule has 0 amide bonds. The molecule has 0 spiro atoms. The number of aryl methyl sites for hydroxylation is 1. The Bertz CT molecular complexity index is 1020. The van der Waals surface area contributed by atoms with Crippen molar-refractivity contribution < 1.29 is 9.84 Å². The highest BCUT2D eigenvalue weighted by Gasteiger charge is 2.22. The second-order valence-electron chi connectivity index (χ2n) is 8.19. The minimum Gasteiger partial charge on any atom is -0.392 e. The van der Waals surface area contributed by atoms with Gasteiger partial charge in [-0.25, -0.2) is 9.97 Å². The van der Waals surface area contributed by atoms with Crippen molar-refractivity contribution in [2.75, 3.05) is 37.5 Å². The van der Waals surface area contributed by atoms with Crippen molar-refractivity contribution in [1.82, 2.24) is 24.7 Å². The van der Waals surface area contributed by atoms with Gasteiger partial charge in [0, 0.05) is 33.3 Å². The summed E-state index contributed by atoms with van der Waals surface area (Å²) in [7, 11) is 3.80. The first kappa shape index (κ1) is 22.9. The third kappa shape index (κ3) is 5.48. The van der Waals surface area contributed by atoms with Crippen molar-refractivity contribution >= 4 is 28.6 Å². The number of aromatic nitrogens is 5. The van der Waals surface area contributed by atoms with E-state index in [1.54, 1.807) is 6.20 Å². The van der Waals surface area contributed by atoms with Crippen LogP contribution in [-0.4, -0.2) is 63.3 Å². The molecule has 9 nitrogen and oxygen atoms in total. The maximum absolute atomic E-state index is 10.5. The summed E-state index contributed by atoms with van der Waals surface area (Å²) in [5.41, 5.74) is 3.35. The zero-order valence-corrected chi connectivity index (χ0v) is 19.3. The van der Waals surface area contributed by atoms with Crippen molar-refractivity contribution in [2.24, 2.45) is 5.92 Å². The molecule has 3 heterocycles. The molecule has 3 aromatic rings. The summed E-state index contributed by atoms with van der Waals surface area (Å²) in [5, 5.41) is 18.7. The topological polar surface area (TPSA) is 101 Å². The lowest BCUT2D eigenvalue weighted by Crippen LogP contribution is -2.18. The molecule has 9 heteroatoms. The molecule has 1 atom stereocenters. The van der Waals surface area contributed by atoms with E-state index in [9.17, 15) is 5.11 Å². The molecule has 0 radical (unpaired) electrons. The first-order valence-corrected chi connectivity index (χ1v) is 10.7. The van der Waals surface area contributed by atoms with Crippen LogP contribution in [0, 0.1) is 12.8 Å². The van der Waals surface area contributed by atoms with Gasteiger partial charge in [-0.15, -0.1) is 0 Å². The van der Waals surface area contributed by atoms with Gasteiger partial charge in [-0.1, -0.05) is 13.8 Å². The monoisotopic (exact) mass is 427 g/mol. The molecule has 31 heavy (non-hydrogen) atoms. The van der Waals surface area contributed by atoms with Gasteiger partial charge in [0.25, 0.3) is 0 Å². The van der Waals surface area contributed by atoms with Gasteiger partial charge in [0.05, 0.1) is 24.9 Å². The van der Waals surface area contributed by atoms with Crippen LogP contribution in [0.3, 0.4) is 0 Å². The van der Waals surface area contributed by atoms with E-state index in [0.717, 1.165) is 22.3 Å². The molecule has 0 aromatic carbocycles. The van der Waals surface area contributed by atoms with Crippen LogP contribution in [0.1, 0.15) is 32.0 Å². The third-order valence-electron chi connectivity index (χ3n) is 5.03. The Morgan fingerprint density at radius 3 is 2.68 bits per heavy atom. The number of aliphatic hydroxyl groups is 1. The second-order valence-corrected chi connectivity index (χ2v) is 8.19. The normalized spacial score (nSPS) is 12.5. The van der Waals surface area contributed by atoms with Crippen LogP contribution in [0.25, 0.3) is 11.0 Å². The molecule has 0 aliphatic heterocycles. The van der Waals surface area contributed by atoms with E-state index in [-0.39, 0.29) is 5.92 Å². The van der Waals surface area contributed by atoms with Gasteiger partial charge < -0.3 is 20.1 Å². The van der Waals surface area contributed by atoms with Crippen LogP contribution in [0.5, 0.6) is 0 Å². The maximum atomic E-state index is 10.5. The molecule has 0 aliphatic carbocycles. The molecule has 0 bridgehead atoms. The SMILES string of the molecule is CCOCCn1nc(CC(O)C(C)C)c2nc(N(C)C)nc(Nc3cc(C)ccn3)c21. The summed E-state index contributed by atoms with van der Waals surface area (Å²) in [4.78, 5) is 15.8. The van der Waals surface area contributed by atoms with Crippen LogP contribution >= 0.6 is 0 Å². The molecular formula is C22H33N7O2. The number of hydrogen-bond donors (Lipinski definition) is 2. The lowest BCUT2D eigenvalue weighted by molar-refractivity contribution is 0.124. The number of aliphatic hydroxyl groups excluding tert-OH is 1. The van der Waals surface area contributed by atoms with Crippen molar-refractivity contribution in [3.63, 3.8) is 0 Å². The largest absolute Gasteiger partial charge is 0.392 e. The number of anilines is 3. The average Bonchev–Trinajstić information content (AvgIpc) is 3.05. The van der Waals surface area contributed by atoms with E-state index in [0.29, 0.717) is 43.8 Å². The zero-order chi connectivity index (χ0) is 22.5. The van der Waals surface area contributed by atoms with Crippen molar-refractivity contribution in [1.29, 1.82) is 0 Å². The number of pyridine rings is 1. The Morgan fingerprint density at radius 2 is 2.03 bits per heavy atom. The minimum absolute atomic E-state index is 0.118. The van der Waals surface area contributed by atoms with E-state index in [2.05, 4.69) is 10.3 Å². The smallest absolute Gasteiger partial charge is 0.227 e. The Morgan fingerprint density at radius 1 is 1.26 bits per heavy atom. The predicted molar refractivity (Wildman–Crippen MR) is 123 cm³/mol. The van der Waals surface area contributed by atoms with Gasteiger partial charge in [-0.05, 0) is 37.5 Å². The van der Waals surface area contributed by atoms with Crippen LogP contribution in [0.4, 0.5) is 17.6 Å². The Balaban J connectivity index is 2.15. The fourth-order valence-corrected chi connectivity index (χ4v) is 3.17. The fraction of sp³-hybridized carbons (Fsp3) is 0.545. The summed E-state index contributed by atoms with van der Waals surface area (Å²) < 4.78 is 7.42. The third-order valence-corrected chi connectivity index (χ3v) is 5.03. The summed E-state index contributed by atoms with van der Waals surface area (Å²) in [6.45, 7) is 9.70. The van der Waals surface area contributed by atoms with Gasteiger partial charge >= 0.3 is 0 Å². The van der Waals surface area contributed by atoms with Crippen molar-refractivity contribution in [2.45, 2.75) is 46.8 Å². The van der Waals surface area contributed by atoms with E-state index in [4.69, 9.17) is 19.8 Å².